The fourth-order valence-corrected chi connectivity index (χ4v) is 2.86. The Hall–Kier alpha value is -2.34. The van der Waals surface area contributed by atoms with Gasteiger partial charge in [0, 0.05) is 32.7 Å². The van der Waals surface area contributed by atoms with E-state index in [0.717, 1.165) is 31.3 Å². The van der Waals surface area contributed by atoms with Crippen LogP contribution in [0.2, 0.25) is 0 Å². The quantitative estimate of drug-likeness (QED) is 0.897. The van der Waals surface area contributed by atoms with Crippen molar-refractivity contribution in [2.45, 2.75) is 6.04 Å². The van der Waals surface area contributed by atoms with Crippen molar-refractivity contribution < 1.29 is 0 Å². The number of aromatic nitrogens is 2. The number of hydrogen-bond acceptors (Lipinski definition) is 6. The summed E-state index contributed by atoms with van der Waals surface area (Å²) in [7, 11) is 4.00. The molecule has 0 bridgehead atoms. The van der Waals surface area contributed by atoms with Gasteiger partial charge in [0.05, 0.1) is 6.04 Å². The molecular formula is C16H22N6. The molecule has 1 aromatic heterocycles. The van der Waals surface area contributed by atoms with Crippen LogP contribution in [0.15, 0.2) is 36.4 Å². The first-order chi connectivity index (χ1) is 10.7. The summed E-state index contributed by atoms with van der Waals surface area (Å²) >= 11 is 0. The first-order valence-corrected chi connectivity index (χ1v) is 7.50. The van der Waals surface area contributed by atoms with E-state index in [1.165, 1.54) is 5.56 Å². The number of benzene rings is 1. The van der Waals surface area contributed by atoms with Crippen LogP contribution in [0.25, 0.3) is 0 Å². The highest BCUT2D eigenvalue weighted by atomic mass is 15.3. The first kappa shape index (κ1) is 14.6. The van der Waals surface area contributed by atoms with Crippen molar-refractivity contribution in [3.63, 3.8) is 0 Å². The molecule has 2 aromatic rings. The van der Waals surface area contributed by atoms with E-state index in [0.29, 0.717) is 12.0 Å². The van der Waals surface area contributed by atoms with Crippen LogP contribution in [-0.2, 0) is 0 Å². The van der Waals surface area contributed by atoms with E-state index >= 15 is 0 Å². The minimum Gasteiger partial charge on any atom is -0.373 e. The highest BCUT2D eigenvalue weighted by molar-refractivity contribution is 5.53. The van der Waals surface area contributed by atoms with Gasteiger partial charge in [-0.3, -0.25) is 4.90 Å². The molecule has 1 aromatic carbocycles. The number of nitrogens with two attached hydrogens (primary N) is 1. The summed E-state index contributed by atoms with van der Waals surface area (Å²) in [5, 5.41) is 3.03. The zero-order valence-corrected chi connectivity index (χ0v) is 13.0. The Morgan fingerprint density at radius 1 is 1.18 bits per heavy atom. The largest absolute Gasteiger partial charge is 0.373 e. The van der Waals surface area contributed by atoms with Crippen LogP contribution < -0.4 is 16.0 Å². The lowest BCUT2D eigenvalue weighted by molar-refractivity contribution is 0.220. The molecule has 116 valence electrons. The minimum atomic E-state index is 0.303. The Kier molecular flexibility index (Phi) is 4.11. The maximum Gasteiger partial charge on any atom is 0.223 e. The average molecular weight is 298 g/mol. The topological polar surface area (TPSA) is 70.3 Å². The van der Waals surface area contributed by atoms with Crippen LogP contribution in [0.4, 0.5) is 17.6 Å². The highest BCUT2D eigenvalue weighted by Crippen LogP contribution is 2.27. The molecule has 3 N–H and O–H groups in total. The lowest BCUT2D eigenvalue weighted by atomic mass is 10.0. The lowest BCUT2D eigenvalue weighted by Gasteiger charge is -2.40. The molecule has 6 nitrogen and oxygen atoms in total. The Bertz CT molecular complexity index is 630. The first-order valence-electron chi connectivity index (χ1n) is 7.50. The zero-order valence-electron chi connectivity index (χ0n) is 13.0. The molecule has 1 unspecified atom stereocenters. The van der Waals surface area contributed by atoms with Crippen LogP contribution in [0.3, 0.4) is 0 Å². The number of nitrogen functional groups attached to an aromatic ring is 1. The standard InChI is InChI=1S/C16H22N6/c1-18-14-10-15(20-16(17)19-14)22-9-8-21(2)13(11-22)12-6-4-3-5-7-12/h3-7,10,13H,8-9,11H2,1-2H3,(H3,17,18,19,20). The number of likely N-dealkylation sites (N-methyl/N-ethyl adjacent to an activating group) is 1. The second-order valence-corrected chi connectivity index (χ2v) is 5.57. The van der Waals surface area contributed by atoms with Gasteiger partial charge in [-0.15, -0.1) is 0 Å². The molecule has 6 heteroatoms. The van der Waals surface area contributed by atoms with Crippen LogP contribution in [0, 0.1) is 0 Å². The van der Waals surface area contributed by atoms with E-state index in [4.69, 9.17) is 5.73 Å². The summed E-state index contributed by atoms with van der Waals surface area (Å²) in [5.41, 5.74) is 7.14. The van der Waals surface area contributed by atoms with Gasteiger partial charge in [-0.1, -0.05) is 30.3 Å². The van der Waals surface area contributed by atoms with Crippen LogP contribution in [0.5, 0.6) is 0 Å². The summed E-state index contributed by atoms with van der Waals surface area (Å²) in [6, 6.07) is 12.9. The predicted molar refractivity (Wildman–Crippen MR) is 90.0 cm³/mol. The Morgan fingerprint density at radius 2 is 1.95 bits per heavy atom. The van der Waals surface area contributed by atoms with Gasteiger partial charge in [-0.25, -0.2) is 0 Å². The zero-order chi connectivity index (χ0) is 15.5. The van der Waals surface area contributed by atoms with E-state index in [1.807, 2.05) is 13.1 Å². The van der Waals surface area contributed by atoms with Crippen LogP contribution in [-0.4, -0.2) is 48.6 Å². The van der Waals surface area contributed by atoms with Crippen molar-refractivity contribution in [3.05, 3.63) is 42.0 Å². The smallest absolute Gasteiger partial charge is 0.223 e. The average Bonchev–Trinajstić information content (AvgIpc) is 2.55. The Balaban J connectivity index is 1.85. The molecule has 3 rings (SSSR count). The summed E-state index contributed by atoms with van der Waals surface area (Å²) in [6.45, 7) is 2.80. The second kappa shape index (κ2) is 6.19. The molecule has 1 fully saturated rings. The molecule has 0 amide bonds. The number of rotatable bonds is 3. The fraction of sp³-hybridized carbons (Fsp3) is 0.375. The molecule has 0 spiro atoms. The van der Waals surface area contributed by atoms with Gasteiger partial charge < -0.3 is 16.0 Å². The molecule has 1 atom stereocenters. The monoisotopic (exact) mass is 298 g/mol. The molecule has 1 aliphatic heterocycles. The van der Waals surface area contributed by atoms with Gasteiger partial charge in [-0.2, -0.15) is 9.97 Å². The van der Waals surface area contributed by atoms with Crippen LogP contribution >= 0.6 is 0 Å². The van der Waals surface area contributed by atoms with E-state index < -0.39 is 0 Å². The van der Waals surface area contributed by atoms with Crippen molar-refractivity contribution in [3.8, 4) is 0 Å². The van der Waals surface area contributed by atoms with E-state index in [9.17, 15) is 0 Å². The molecule has 1 saturated heterocycles. The van der Waals surface area contributed by atoms with Gasteiger partial charge in [0.2, 0.25) is 5.95 Å². The Morgan fingerprint density at radius 3 is 2.68 bits per heavy atom. The van der Waals surface area contributed by atoms with Gasteiger partial charge in [0.15, 0.2) is 0 Å². The van der Waals surface area contributed by atoms with Crippen molar-refractivity contribution in [1.29, 1.82) is 0 Å². The maximum atomic E-state index is 5.82. The number of piperazine rings is 1. The molecule has 22 heavy (non-hydrogen) atoms. The van der Waals surface area contributed by atoms with Gasteiger partial charge in [0.1, 0.15) is 11.6 Å². The van der Waals surface area contributed by atoms with E-state index in [1.54, 1.807) is 0 Å². The predicted octanol–water partition coefficient (Wildman–Crippen LogP) is 1.59. The molecule has 0 saturated carbocycles. The van der Waals surface area contributed by atoms with Crippen LogP contribution in [0.1, 0.15) is 11.6 Å². The van der Waals surface area contributed by atoms with Crippen molar-refractivity contribution in [1.82, 2.24) is 14.9 Å². The molecule has 2 heterocycles. The van der Waals surface area contributed by atoms with Crippen molar-refractivity contribution in [2.75, 3.05) is 49.7 Å². The number of anilines is 3. The van der Waals surface area contributed by atoms with Crippen molar-refractivity contribution >= 4 is 17.6 Å². The minimum absolute atomic E-state index is 0.303. The van der Waals surface area contributed by atoms with E-state index in [2.05, 4.69) is 62.5 Å². The van der Waals surface area contributed by atoms with Gasteiger partial charge >= 0.3 is 0 Å². The Labute approximate surface area is 131 Å². The number of nitrogens with zero attached hydrogens (tertiary/aromatic N) is 4. The summed E-state index contributed by atoms with van der Waals surface area (Å²) < 4.78 is 0. The maximum absolute atomic E-state index is 5.82. The molecule has 0 radical (unpaired) electrons. The third-order valence-corrected chi connectivity index (χ3v) is 4.14. The lowest BCUT2D eigenvalue weighted by Crippen LogP contribution is -2.47. The number of nitrogens with one attached hydrogen (secondary N) is 1. The summed E-state index contributed by atoms with van der Waals surface area (Å²) in [4.78, 5) is 13.2. The summed E-state index contributed by atoms with van der Waals surface area (Å²) in [6.07, 6.45) is 0. The van der Waals surface area contributed by atoms with Crippen molar-refractivity contribution in [2.24, 2.45) is 0 Å². The van der Waals surface area contributed by atoms with Gasteiger partial charge in [-0.05, 0) is 12.6 Å². The highest BCUT2D eigenvalue weighted by Gasteiger charge is 2.26. The third-order valence-electron chi connectivity index (χ3n) is 4.14. The molecular weight excluding hydrogens is 276 g/mol. The second-order valence-electron chi connectivity index (χ2n) is 5.57. The normalized spacial score (nSPS) is 19.2. The molecule has 0 aliphatic carbocycles. The van der Waals surface area contributed by atoms with E-state index in [-0.39, 0.29) is 0 Å². The fourth-order valence-electron chi connectivity index (χ4n) is 2.86. The number of hydrogen-bond donors (Lipinski definition) is 2. The SMILES string of the molecule is CNc1cc(N2CCN(C)C(c3ccccc3)C2)nc(N)n1. The third kappa shape index (κ3) is 2.96. The van der Waals surface area contributed by atoms with Gasteiger partial charge in [0.25, 0.3) is 0 Å². The molecule has 1 aliphatic rings. The summed E-state index contributed by atoms with van der Waals surface area (Å²) in [5.74, 6) is 1.93.